The molecular formula is C15H22N2O2. The van der Waals surface area contributed by atoms with Gasteiger partial charge in [-0.15, -0.1) is 0 Å². The zero-order chi connectivity index (χ0) is 13.2. The number of hydrogen-bond donors (Lipinski definition) is 1. The number of benzene rings is 1. The molecule has 0 aliphatic carbocycles. The van der Waals surface area contributed by atoms with Gasteiger partial charge >= 0.3 is 0 Å². The molecule has 0 bridgehead atoms. The summed E-state index contributed by atoms with van der Waals surface area (Å²) >= 11 is 0. The normalized spacial score (nSPS) is 28.5. The highest BCUT2D eigenvalue weighted by molar-refractivity contribution is 5.22. The second-order valence-corrected chi connectivity index (χ2v) is 5.63. The molecular weight excluding hydrogens is 240 g/mol. The summed E-state index contributed by atoms with van der Waals surface area (Å²) in [5.74, 6) is 0. The van der Waals surface area contributed by atoms with Crippen molar-refractivity contribution in [3.05, 3.63) is 35.4 Å². The fourth-order valence-corrected chi connectivity index (χ4v) is 3.07. The number of fused-ring (bicyclic) bond motifs is 1. The molecule has 4 nitrogen and oxygen atoms in total. The van der Waals surface area contributed by atoms with Gasteiger partial charge < -0.3 is 9.84 Å². The smallest absolute Gasteiger partial charge is 0.0869 e. The first-order valence-corrected chi connectivity index (χ1v) is 6.99. The van der Waals surface area contributed by atoms with Crippen molar-refractivity contribution in [2.75, 3.05) is 33.3 Å². The molecule has 0 saturated carbocycles. The lowest BCUT2D eigenvalue weighted by molar-refractivity contribution is -0.0370. The van der Waals surface area contributed by atoms with Gasteiger partial charge in [-0.2, -0.15) is 0 Å². The second-order valence-electron chi connectivity index (χ2n) is 5.63. The summed E-state index contributed by atoms with van der Waals surface area (Å²) in [5.41, 5.74) is 2.28. The maximum Gasteiger partial charge on any atom is 0.0869 e. The molecule has 4 heteroatoms. The largest absolute Gasteiger partial charge is 0.392 e. The van der Waals surface area contributed by atoms with Gasteiger partial charge in [0.25, 0.3) is 0 Å². The molecule has 2 heterocycles. The summed E-state index contributed by atoms with van der Waals surface area (Å²) in [7, 11) is 2.19. The van der Waals surface area contributed by atoms with Crippen LogP contribution >= 0.6 is 0 Å². The molecule has 0 amide bonds. The van der Waals surface area contributed by atoms with Crippen LogP contribution in [-0.2, 0) is 17.9 Å². The molecule has 1 aromatic carbocycles. The van der Waals surface area contributed by atoms with Crippen molar-refractivity contribution < 1.29 is 9.84 Å². The Hall–Kier alpha value is -0.940. The van der Waals surface area contributed by atoms with E-state index in [4.69, 9.17) is 9.84 Å². The first kappa shape index (κ1) is 13.1. The van der Waals surface area contributed by atoms with Gasteiger partial charge in [0.15, 0.2) is 0 Å². The number of ether oxygens (including phenoxy) is 1. The lowest BCUT2D eigenvalue weighted by Crippen LogP contribution is -2.48. The fourth-order valence-electron chi connectivity index (χ4n) is 3.07. The summed E-state index contributed by atoms with van der Waals surface area (Å²) in [6.45, 7) is 5.10. The Morgan fingerprint density at radius 1 is 1.21 bits per heavy atom. The summed E-state index contributed by atoms with van der Waals surface area (Å²) in [6, 6.07) is 8.77. The van der Waals surface area contributed by atoms with E-state index in [0.717, 1.165) is 38.3 Å². The zero-order valence-corrected chi connectivity index (χ0v) is 11.5. The molecule has 2 fully saturated rings. The van der Waals surface area contributed by atoms with E-state index < -0.39 is 0 Å². The predicted octanol–water partition coefficient (Wildman–Crippen LogP) is 0.694. The number of likely N-dealkylation sites (tertiary alicyclic amines) is 1. The average molecular weight is 262 g/mol. The Morgan fingerprint density at radius 3 is 2.63 bits per heavy atom. The number of morpholine rings is 1. The number of hydrogen-bond acceptors (Lipinski definition) is 4. The molecule has 2 saturated heterocycles. The molecule has 1 N–H and O–H groups in total. The van der Waals surface area contributed by atoms with E-state index in [-0.39, 0.29) is 6.61 Å². The van der Waals surface area contributed by atoms with Crippen molar-refractivity contribution in [1.29, 1.82) is 0 Å². The van der Waals surface area contributed by atoms with Crippen molar-refractivity contribution in [3.63, 3.8) is 0 Å². The monoisotopic (exact) mass is 262 g/mol. The van der Waals surface area contributed by atoms with Crippen molar-refractivity contribution in [3.8, 4) is 0 Å². The third-order valence-corrected chi connectivity index (χ3v) is 4.27. The van der Waals surface area contributed by atoms with Gasteiger partial charge in [-0.1, -0.05) is 24.3 Å². The molecule has 2 atom stereocenters. The highest BCUT2D eigenvalue weighted by atomic mass is 16.5. The molecule has 1 aromatic rings. The Morgan fingerprint density at radius 2 is 1.95 bits per heavy atom. The zero-order valence-electron chi connectivity index (χ0n) is 11.5. The molecule has 0 radical (unpaired) electrons. The second kappa shape index (κ2) is 5.59. The van der Waals surface area contributed by atoms with E-state index >= 15 is 0 Å². The standard InChI is InChI=1S/C15H22N2O2/c1-16-6-7-19-15-10-17(9-14(15)16)8-12-2-4-13(11-18)5-3-12/h2-5,14-15,18H,6-11H2,1H3. The van der Waals surface area contributed by atoms with E-state index in [9.17, 15) is 0 Å². The highest BCUT2D eigenvalue weighted by Crippen LogP contribution is 2.23. The van der Waals surface area contributed by atoms with Crippen LogP contribution in [0.3, 0.4) is 0 Å². The van der Waals surface area contributed by atoms with Gasteiger partial charge in [-0.05, 0) is 18.2 Å². The Labute approximate surface area is 114 Å². The number of rotatable bonds is 3. The third kappa shape index (κ3) is 2.82. The first-order valence-electron chi connectivity index (χ1n) is 6.99. The Kier molecular flexibility index (Phi) is 3.84. The van der Waals surface area contributed by atoms with Crippen LogP contribution in [0.5, 0.6) is 0 Å². The predicted molar refractivity (Wildman–Crippen MR) is 73.8 cm³/mol. The molecule has 2 aliphatic rings. The quantitative estimate of drug-likeness (QED) is 0.869. The maximum atomic E-state index is 9.05. The van der Waals surface area contributed by atoms with Crippen molar-refractivity contribution >= 4 is 0 Å². The van der Waals surface area contributed by atoms with Crippen LogP contribution in [0, 0.1) is 0 Å². The summed E-state index contributed by atoms with van der Waals surface area (Å²) in [5, 5.41) is 9.05. The Bertz CT molecular complexity index is 421. The third-order valence-electron chi connectivity index (χ3n) is 4.27. The van der Waals surface area contributed by atoms with Crippen LogP contribution < -0.4 is 0 Å². The van der Waals surface area contributed by atoms with E-state index in [1.807, 2.05) is 12.1 Å². The number of aliphatic hydroxyl groups is 1. The number of nitrogens with zero attached hydrogens (tertiary/aromatic N) is 2. The van der Waals surface area contributed by atoms with Crippen LogP contribution in [-0.4, -0.2) is 60.3 Å². The number of aliphatic hydroxyl groups excluding tert-OH is 1. The van der Waals surface area contributed by atoms with Gasteiger partial charge in [-0.3, -0.25) is 9.80 Å². The van der Waals surface area contributed by atoms with Crippen LogP contribution in [0.2, 0.25) is 0 Å². The first-order chi connectivity index (χ1) is 9.26. The summed E-state index contributed by atoms with van der Waals surface area (Å²) in [4.78, 5) is 4.88. The van der Waals surface area contributed by atoms with Crippen LogP contribution in [0.15, 0.2) is 24.3 Å². The van der Waals surface area contributed by atoms with Crippen LogP contribution in [0.1, 0.15) is 11.1 Å². The molecule has 104 valence electrons. The van der Waals surface area contributed by atoms with E-state index in [0.29, 0.717) is 12.1 Å². The van der Waals surface area contributed by atoms with Crippen molar-refractivity contribution in [2.45, 2.75) is 25.3 Å². The van der Waals surface area contributed by atoms with Crippen molar-refractivity contribution in [2.24, 2.45) is 0 Å². The van der Waals surface area contributed by atoms with Gasteiger partial charge in [-0.25, -0.2) is 0 Å². The topological polar surface area (TPSA) is 35.9 Å². The van der Waals surface area contributed by atoms with Gasteiger partial charge in [0.05, 0.1) is 19.3 Å². The summed E-state index contributed by atoms with van der Waals surface area (Å²) in [6.07, 6.45) is 0.371. The van der Waals surface area contributed by atoms with Gasteiger partial charge in [0, 0.05) is 32.2 Å². The average Bonchev–Trinajstić information content (AvgIpc) is 2.84. The molecule has 2 unspecified atom stereocenters. The van der Waals surface area contributed by atoms with E-state index in [2.05, 4.69) is 29.0 Å². The maximum absolute atomic E-state index is 9.05. The van der Waals surface area contributed by atoms with Gasteiger partial charge in [0.1, 0.15) is 0 Å². The molecule has 2 aliphatic heterocycles. The molecule has 3 rings (SSSR count). The molecule has 0 aromatic heterocycles. The fraction of sp³-hybridized carbons (Fsp3) is 0.600. The molecule has 0 spiro atoms. The van der Waals surface area contributed by atoms with Gasteiger partial charge in [0.2, 0.25) is 0 Å². The SMILES string of the molecule is CN1CCOC2CN(Cc3ccc(CO)cc3)CC21. The van der Waals surface area contributed by atoms with Crippen LogP contribution in [0.25, 0.3) is 0 Å². The van der Waals surface area contributed by atoms with E-state index in [1.165, 1.54) is 5.56 Å². The van der Waals surface area contributed by atoms with E-state index in [1.54, 1.807) is 0 Å². The lowest BCUT2D eigenvalue weighted by Gasteiger charge is -2.33. The number of likely N-dealkylation sites (N-methyl/N-ethyl adjacent to an activating group) is 1. The van der Waals surface area contributed by atoms with Crippen LogP contribution in [0.4, 0.5) is 0 Å². The minimum Gasteiger partial charge on any atom is -0.392 e. The lowest BCUT2D eigenvalue weighted by atomic mass is 10.1. The van der Waals surface area contributed by atoms with Crippen molar-refractivity contribution in [1.82, 2.24) is 9.80 Å². The Balaban J connectivity index is 1.61. The minimum absolute atomic E-state index is 0.118. The molecule has 19 heavy (non-hydrogen) atoms. The highest BCUT2D eigenvalue weighted by Gasteiger charge is 2.38. The minimum atomic E-state index is 0.118. The summed E-state index contributed by atoms with van der Waals surface area (Å²) < 4.78 is 5.86.